The number of rotatable bonds is 6. The second-order valence-corrected chi connectivity index (χ2v) is 8.29. The monoisotopic (exact) mass is 404 g/mol. The van der Waals surface area contributed by atoms with Crippen molar-refractivity contribution >= 4 is 28.3 Å². The summed E-state index contributed by atoms with van der Waals surface area (Å²) in [6.07, 6.45) is -0.587. The van der Waals surface area contributed by atoms with Crippen LogP contribution in [0.4, 0.5) is 0 Å². The summed E-state index contributed by atoms with van der Waals surface area (Å²) in [4.78, 5) is 14.6. The highest BCUT2D eigenvalue weighted by molar-refractivity contribution is 7.89. The molecule has 2 fully saturated rings. The Labute approximate surface area is 160 Å². The van der Waals surface area contributed by atoms with Crippen molar-refractivity contribution in [3.8, 4) is 0 Å². The van der Waals surface area contributed by atoms with Gasteiger partial charge >= 0.3 is 0 Å². The fraction of sp³-hybridized carbons (Fsp3) is 0.562. The molecular weight excluding hydrogens is 380 g/mol. The number of carbonyl (C=O) groups is 1. The molecule has 1 aromatic carbocycles. The smallest absolute Gasteiger partial charge is 0.251 e. The van der Waals surface area contributed by atoms with E-state index in [0.717, 1.165) is 32.7 Å². The lowest BCUT2D eigenvalue weighted by atomic mass is 10.2. The number of aliphatic hydroxyl groups excluding tert-OH is 1. The van der Waals surface area contributed by atoms with E-state index in [1.807, 2.05) is 0 Å². The minimum atomic E-state index is -3.58. The molecule has 0 aromatic heterocycles. The molecule has 0 atom stereocenters. The molecular formula is C16H25ClN4O4S. The van der Waals surface area contributed by atoms with Gasteiger partial charge in [-0.25, -0.2) is 8.42 Å². The lowest BCUT2D eigenvalue weighted by Gasteiger charge is -2.34. The number of sulfonamides is 1. The maximum atomic E-state index is 12.3. The number of halogens is 1. The molecule has 1 aromatic rings. The molecule has 0 aliphatic carbocycles. The second-order valence-electron chi connectivity index (χ2n) is 6.35. The number of aliphatic hydroxyl groups is 1. The van der Waals surface area contributed by atoms with Crippen molar-refractivity contribution in [2.45, 2.75) is 11.0 Å². The average molecular weight is 405 g/mol. The van der Waals surface area contributed by atoms with Gasteiger partial charge in [0, 0.05) is 57.9 Å². The van der Waals surface area contributed by atoms with E-state index in [1.54, 1.807) is 0 Å². The van der Waals surface area contributed by atoms with Gasteiger partial charge in [0.2, 0.25) is 10.0 Å². The third-order valence-electron chi connectivity index (χ3n) is 4.51. The summed E-state index contributed by atoms with van der Waals surface area (Å²) in [5.74, 6) is -0.210. The first-order chi connectivity index (χ1) is 12.0. The van der Waals surface area contributed by atoms with E-state index in [4.69, 9.17) is 0 Å². The van der Waals surface area contributed by atoms with Crippen LogP contribution in [0.3, 0.4) is 0 Å². The van der Waals surface area contributed by atoms with Crippen molar-refractivity contribution < 1.29 is 18.3 Å². The normalized spacial score (nSPS) is 19.4. The molecule has 0 bridgehead atoms. The zero-order valence-electron chi connectivity index (χ0n) is 14.4. The number of amides is 1. The van der Waals surface area contributed by atoms with E-state index in [0.29, 0.717) is 12.1 Å². The molecule has 0 unspecified atom stereocenters. The summed E-state index contributed by atoms with van der Waals surface area (Å²) in [7, 11) is -3.58. The summed E-state index contributed by atoms with van der Waals surface area (Å²) >= 11 is 0. The number of benzene rings is 1. The standard InChI is InChI=1S/C16H24N4O4S.ClH/c21-14-11-20(12-14)25(23,24)15-3-1-13(2-4-15)16(22)18-7-10-19-8-5-17-6-9-19;/h1-4,14,17,21H,5-12H2,(H,18,22);1H. The van der Waals surface area contributed by atoms with Crippen LogP contribution in [-0.2, 0) is 10.0 Å². The number of carbonyl (C=O) groups excluding carboxylic acids is 1. The van der Waals surface area contributed by atoms with Crippen molar-refractivity contribution in [2.24, 2.45) is 0 Å². The molecule has 3 N–H and O–H groups in total. The highest BCUT2D eigenvalue weighted by atomic mass is 35.5. The Morgan fingerprint density at radius 1 is 1.19 bits per heavy atom. The van der Waals surface area contributed by atoms with Crippen molar-refractivity contribution in [1.29, 1.82) is 0 Å². The summed E-state index contributed by atoms with van der Waals surface area (Å²) in [5, 5.41) is 15.4. The Kier molecular flexibility index (Phi) is 7.39. The molecule has 2 aliphatic rings. The lowest BCUT2D eigenvalue weighted by Crippen LogP contribution is -2.53. The van der Waals surface area contributed by atoms with Crippen LogP contribution in [0.15, 0.2) is 29.2 Å². The van der Waals surface area contributed by atoms with Gasteiger partial charge in [0.15, 0.2) is 0 Å². The SMILES string of the molecule is Cl.O=C(NCCN1CCNCC1)c1ccc(S(=O)(=O)N2CC(O)C2)cc1. The molecule has 1 amide bonds. The Hall–Kier alpha value is -1.23. The Morgan fingerprint density at radius 3 is 2.38 bits per heavy atom. The van der Waals surface area contributed by atoms with Gasteiger partial charge in [-0.3, -0.25) is 9.69 Å². The van der Waals surface area contributed by atoms with Gasteiger partial charge in [0.05, 0.1) is 11.0 Å². The zero-order chi connectivity index (χ0) is 17.9. The second kappa shape index (κ2) is 9.12. The first kappa shape index (κ1) is 21.1. The zero-order valence-corrected chi connectivity index (χ0v) is 16.1. The van der Waals surface area contributed by atoms with Crippen molar-refractivity contribution in [3.63, 3.8) is 0 Å². The quantitative estimate of drug-likeness (QED) is 0.568. The summed E-state index contributed by atoms with van der Waals surface area (Å²) in [6, 6.07) is 5.91. The van der Waals surface area contributed by atoms with Gasteiger partial charge in [-0.15, -0.1) is 12.4 Å². The first-order valence-corrected chi connectivity index (χ1v) is 9.90. The van der Waals surface area contributed by atoms with Gasteiger partial charge in [-0.1, -0.05) is 0 Å². The summed E-state index contributed by atoms with van der Waals surface area (Å²) in [5.41, 5.74) is 0.433. The number of nitrogens with zero attached hydrogens (tertiary/aromatic N) is 2. The van der Waals surface area contributed by atoms with E-state index < -0.39 is 16.1 Å². The predicted molar refractivity (Wildman–Crippen MR) is 100 cm³/mol. The molecule has 146 valence electrons. The first-order valence-electron chi connectivity index (χ1n) is 8.46. The molecule has 2 heterocycles. The van der Waals surface area contributed by atoms with Crippen molar-refractivity contribution in [3.05, 3.63) is 29.8 Å². The minimum absolute atomic E-state index is 0. The topological polar surface area (TPSA) is 102 Å². The maximum absolute atomic E-state index is 12.3. The molecule has 8 nitrogen and oxygen atoms in total. The van der Waals surface area contributed by atoms with Crippen molar-refractivity contribution in [2.75, 3.05) is 52.4 Å². The number of nitrogens with one attached hydrogen (secondary N) is 2. The summed E-state index contributed by atoms with van der Waals surface area (Å²) < 4.78 is 25.8. The molecule has 0 spiro atoms. The van der Waals surface area contributed by atoms with E-state index in [2.05, 4.69) is 15.5 Å². The molecule has 2 saturated heterocycles. The maximum Gasteiger partial charge on any atom is 0.251 e. The highest BCUT2D eigenvalue weighted by Crippen LogP contribution is 2.21. The van der Waals surface area contributed by atoms with E-state index in [1.165, 1.54) is 28.6 Å². The van der Waals surface area contributed by atoms with Crippen LogP contribution in [0.5, 0.6) is 0 Å². The Balaban J connectivity index is 0.00000243. The molecule has 0 saturated carbocycles. The number of hydrogen-bond acceptors (Lipinski definition) is 6. The predicted octanol–water partition coefficient (Wildman–Crippen LogP) is -0.891. The van der Waals surface area contributed by atoms with Crippen LogP contribution in [-0.4, -0.2) is 87.1 Å². The van der Waals surface area contributed by atoms with E-state index in [-0.39, 0.29) is 36.3 Å². The number of β-amino-alcohol motifs (C(OH)–C–C–N with tert-alkyl or cyclic N) is 1. The molecule has 26 heavy (non-hydrogen) atoms. The number of piperazine rings is 1. The largest absolute Gasteiger partial charge is 0.390 e. The van der Waals surface area contributed by atoms with Gasteiger partial charge in [0.1, 0.15) is 0 Å². The van der Waals surface area contributed by atoms with Gasteiger partial charge < -0.3 is 15.7 Å². The van der Waals surface area contributed by atoms with Crippen LogP contribution < -0.4 is 10.6 Å². The Bertz CT molecular complexity index is 701. The average Bonchev–Trinajstić information content (AvgIpc) is 2.60. The van der Waals surface area contributed by atoms with Gasteiger partial charge in [-0.05, 0) is 24.3 Å². The van der Waals surface area contributed by atoms with Crippen LogP contribution in [0.2, 0.25) is 0 Å². The summed E-state index contributed by atoms with van der Waals surface area (Å²) in [6.45, 7) is 5.51. The van der Waals surface area contributed by atoms with Crippen LogP contribution >= 0.6 is 12.4 Å². The highest BCUT2D eigenvalue weighted by Gasteiger charge is 2.35. The minimum Gasteiger partial charge on any atom is -0.390 e. The third kappa shape index (κ3) is 4.93. The molecule has 0 radical (unpaired) electrons. The van der Waals surface area contributed by atoms with Crippen molar-refractivity contribution in [1.82, 2.24) is 19.8 Å². The lowest BCUT2D eigenvalue weighted by molar-refractivity contribution is 0.0548. The fourth-order valence-electron chi connectivity index (χ4n) is 2.90. The van der Waals surface area contributed by atoms with Crippen LogP contribution in [0, 0.1) is 0 Å². The van der Waals surface area contributed by atoms with Crippen LogP contribution in [0.25, 0.3) is 0 Å². The molecule has 2 aliphatic heterocycles. The van der Waals surface area contributed by atoms with E-state index >= 15 is 0 Å². The molecule has 10 heteroatoms. The molecule has 3 rings (SSSR count). The van der Waals surface area contributed by atoms with Gasteiger partial charge in [0.25, 0.3) is 5.91 Å². The Morgan fingerprint density at radius 2 is 1.81 bits per heavy atom. The van der Waals surface area contributed by atoms with Gasteiger partial charge in [-0.2, -0.15) is 4.31 Å². The van der Waals surface area contributed by atoms with E-state index in [9.17, 15) is 18.3 Å². The van der Waals surface area contributed by atoms with Crippen LogP contribution in [0.1, 0.15) is 10.4 Å². The fourth-order valence-corrected chi connectivity index (χ4v) is 4.42. The third-order valence-corrected chi connectivity index (χ3v) is 6.35. The number of hydrogen-bond donors (Lipinski definition) is 3.